The molecule has 0 aliphatic carbocycles. The van der Waals surface area contributed by atoms with Crippen LogP contribution in [-0.2, 0) is 4.79 Å². The normalized spacial score (nSPS) is 12.6. The smallest absolute Gasteiger partial charge is 0.221 e. The highest BCUT2D eigenvalue weighted by atomic mass is 19.1. The van der Waals surface area contributed by atoms with Crippen molar-refractivity contribution in [3.8, 4) is 0 Å². The standard InChI is InChI=1S/C18H29FN4O/c1-5-10-21-17(24)9-11-22-18(20-6-2)23-14(4)15-8-7-13(3)16(19)12-15/h7-8,12,14H,5-6,9-11H2,1-4H3,(H,21,24)(H2,20,22,23). The maximum absolute atomic E-state index is 13.7. The van der Waals surface area contributed by atoms with Gasteiger partial charge in [0.15, 0.2) is 5.96 Å². The zero-order valence-electron chi connectivity index (χ0n) is 15.1. The zero-order valence-corrected chi connectivity index (χ0v) is 15.1. The lowest BCUT2D eigenvalue weighted by Gasteiger charge is -2.18. The van der Waals surface area contributed by atoms with Crippen LogP contribution in [0.1, 0.15) is 50.8 Å². The number of rotatable bonds is 8. The van der Waals surface area contributed by atoms with Crippen LogP contribution in [0.2, 0.25) is 0 Å². The van der Waals surface area contributed by atoms with E-state index in [4.69, 9.17) is 0 Å². The van der Waals surface area contributed by atoms with Gasteiger partial charge in [-0.15, -0.1) is 0 Å². The largest absolute Gasteiger partial charge is 0.357 e. The van der Waals surface area contributed by atoms with Gasteiger partial charge in [0, 0.05) is 19.5 Å². The number of aryl methyl sites for hydroxylation is 1. The second-order valence-electron chi connectivity index (χ2n) is 5.74. The topological polar surface area (TPSA) is 65.5 Å². The summed E-state index contributed by atoms with van der Waals surface area (Å²) in [6.07, 6.45) is 1.27. The molecule has 1 amide bonds. The van der Waals surface area contributed by atoms with Crippen LogP contribution in [0.4, 0.5) is 4.39 Å². The molecule has 0 bridgehead atoms. The highest BCUT2D eigenvalue weighted by Crippen LogP contribution is 2.16. The van der Waals surface area contributed by atoms with Gasteiger partial charge in [0.25, 0.3) is 0 Å². The first-order valence-electron chi connectivity index (χ1n) is 8.55. The minimum Gasteiger partial charge on any atom is -0.357 e. The average Bonchev–Trinajstić information content (AvgIpc) is 2.55. The first-order valence-corrected chi connectivity index (χ1v) is 8.55. The summed E-state index contributed by atoms with van der Waals surface area (Å²) in [5, 5.41) is 9.20. The Bertz CT molecular complexity index is 560. The Hall–Kier alpha value is -2.11. The number of benzene rings is 1. The molecule has 6 heteroatoms. The molecule has 3 N–H and O–H groups in total. The fourth-order valence-electron chi connectivity index (χ4n) is 2.11. The van der Waals surface area contributed by atoms with E-state index in [1.807, 2.05) is 26.8 Å². The molecular formula is C18H29FN4O. The Kier molecular flexibility index (Phi) is 8.83. The van der Waals surface area contributed by atoms with Gasteiger partial charge in [0.05, 0.1) is 12.6 Å². The molecular weight excluding hydrogens is 307 g/mol. The molecule has 0 radical (unpaired) electrons. The maximum Gasteiger partial charge on any atom is 0.221 e. The second kappa shape index (κ2) is 10.6. The van der Waals surface area contributed by atoms with Crippen molar-refractivity contribution in [1.29, 1.82) is 0 Å². The number of carbonyl (C=O) groups excluding carboxylic acids is 1. The van der Waals surface area contributed by atoms with Crippen molar-refractivity contribution in [3.63, 3.8) is 0 Å². The molecule has 0 aliphatic rings. The Morgan fingerprint density at radius 2 is 2.04 bits per heavy atom. The molecule has 134 valence electrons. The van der Waals surface area contributed by atoms with Crippen molar-refractivity contribution in [1.82, 2.24) is 16.0 Å². The van der Waals surface area contributed by atoms with Crippen LogP contribution in [-0.4, -0.2) is 31.5 Å². The number of nitrogens with zero attached hydrogens (tertiary/aromatic N) is 1. The number of carbonyl (C=O) groups is 1. The number of nitrogens with one attached hydrogen (secondary N) is 3. The number of hydrogen-bond donors (Lipinski definition) is 3. The van der Waals surface area contributed by atoms with Crippen molar-refractivity contribution >= 4 is 11.9 Å². The van der Waals surface area contributed by atoms with Crippen LogP contribution in [0.3, 0.4) is 0 Å². The van der Waals surface area contributed by atoms with E-state index in [1.165, 1.54) is 6.07 Å². The van der Waals surface area contributed by atoms with Gasteiger partial charge in [-0.2, -0.15) is 0 Å². The van der Waals surface area contributed by atoms with Crippen molar-refractivity contribution < 1.29 is 9.18 Å². The molecule has 0 saturated carbocycles. The van der Waals surface area contributed by atoms with Gasteiger partial charge in [-0.1, -0.05) is 19.1 Å². The molecule has 0 aliphatic heterocycles. The van der Waals surface area contributed by atoms with E-state index in [0.29, 0.717) is 37.6 Å². The van der Waals surface area contributed by atoms with Crippen LogP contribution >= 0.6 is 0 Å². The molecule has 1 rings (SSSR count). The van der Waals surface area contributed by atoms with Gasteiger partial charge in [0.1, 0.15) is 5.82 Å². The third-order valence-electron chi connectivity index (χ3n) is 3.57. The summed E-state index contributed by atoms with van der Waals surface area (Å²) in [4.78, 5) is 16.0. The van der Waals surface area contributed by atoms with E-state index in [0.717, 1.165) is 12.0 Å². The maximum atomic E-state index is 13.7. The molecule has 0 saturated heterocycles. The monoisotopic (exact) mass is 336 g/mol. The van der Waals surface area contributed by atoms with E-state index >= 15 is 0 Å². The molecule has 1 atom stereocenters. The summed E-state index contributed by atoms with van der Waals surface area (Å²) in [6.45, 7) is 9.49. The summed E-state index contributed by atoms with van der Waals surface area (Å²) in [5.74, 6) is 0.412. The lowest BCUT2D eigenvalue weighted by atomic mass is 10.1. The number of halogens is 1. The van der Waals surface area contributed by atoms with Gasteiger partial charge in [-0.25, -0.2) is 4.39 Å². The van der Waals surface area contributed by atoms with Crippen LogP contribution in [0.25, 0.3) is 0 Å². The van der Waals surface area contributed by atoms with Crippen LogP contribution in [0.15, 0.2) is 23.2 Å². The number of hydrogen-bond acceptors (Lipinski definition) is 2. The molecule has 1 aromatic carbocycles. The third-order valence-corrected chi connectivity index (χ3v) is 3.57. The molecule has 0 heterocycles. The van der Waals surface area contributed by atoms with Gasteiger partial charge in [0.2, 0.25) is 5.91 Å². The van der Waals surface area contributed by atoms with Crippen molar-refractivity contribution in [2.24, 2.45) is 4.99 Å². The predicted molar refractivity (Wildman–Crippen MR) is 96.6 cm³/mol. The summed E-state index contributed by atoms with van der Waals surface area (Å²) in [5.41, 5.74) is 1.48. The Balaban J connectivity index is 2.61. The molecule has 0 spiro atoms. The SMILES string of the molecule is CCCNC(=O)CCN=C(NCC)NC(C)c1ccc(C)c(F)c1. The first-order chi connectivity index (χ1) is 11.5. The second-order valence-corrected chi connectivity index (χ2v) is 5.74. The summed E-state index contributed by atoms with van der Waals surface area (Å²) >= 11 is 0. The van der Waals surface area contributed by atoms with Gasteiger partial charge >= 0.3 is 0 Å². The number of aliphatic imine (C=N–C) groups is 1. The quantitative estimate of drug-likeness (QED) is 0.505. The Labute approximate surface area is 144 Å². The summed E-state index contributed by atoms with van der Waals surface area (Å²) in [7, 11) is 0. The Morgan fingerprint density at radius 1 is 1.29 bits per heavy atom. The molecule has 5 nitrogen and oxygen atoms in total. The fourth-order valence-corrected chi connectivity index (χ4v) is 2.11. The molecule has 24 heavy (non-hydrogen) atoms. The van der Waals surface area contributed by atoms with E-state index < -0.39 is 0 Å². The Morgan fingerprint density at radius 3 is 2.67 bits per heavy atom. The fraction of sp³-hybridized carbons (Fsp3) is 0.556. The summed E-state index contributed by atoms with van der Waals surface area (Å²) < 4.78 is 13.7. The first kappa shape index (κ1) is 19.9. The third kappa shape index (κ3) is 6.98. The molecule has 0 aromatic heterocycles. The van der Waals surface area contributed by atoms with E-state index in [1.54, 1.807) is 13.0 Å². The highest BCUT2D eigenvalue weighted by molar-refractivity contribution is 5.81. The highest BCUT2D eigenvalue weighted by Gasteiger charge is 2.10. The summed E-state index contributed by atoms with van der Waals surface area (Å²) in [6, 6.07) is 5.12. The van der Waals surface area contributed by atoms with Crippen molar-refractivity contribution in [2.45, 2.75) is 46.6 Å². The van der Waals surface area contributed by atoms with Crippen LogP contribution < -0.4 is 16.0 Å². The lowest BCUT2D eigenvalue weighted by Crippen LogP contribution is -2.39. The van der Waals surface area contributed by atoms with Crippen molar-refractivity contribution in [2.75, 3.05) is 19.6 Å². The minimum absolute atomic E-state index is 0.00472. The number of guanidine groups is 1. The zero-order chi connectivity index (χ0) is 17.9. The molecule has 0 fully saturated rings. The average molecular weight is 336 g/mol. The lowest BCUT2D eigenvalue weighted by molar-refractivity contribution is -0.120. The van der Waals surface area contributed by atoms with E-state index in [9.17, 15) is 9.18 Å². The molecule has 1 aromatic rings. The van der Waals surface area contributed by atoms with Gasteiger partial charge in [-0.05, 0) is 44.4 Å². The van der Waals surface area contributed by atoms with Crippen molar-refractivity contribution in [3.05, 3.63) is 35.1 Å². The van der Waals surface area contributed by atoms with E-state index in [-0.39, 0.29) is 17.8 Å². The number of amides is 1. The van der Waals surface area contributed by atoms with Crippen LogP contribution in [0, 0.1) is 12.7 Å². The molecule has 1 unspecified atom stereocenters. The van der Waals surface area contributed by atoms with Crippen LogP contribution in [0.5, 0.6) is 0 Å². The van der Waals surface area contributed by atoms with E-state index in [2.05, 4.69) is 20.9 Å². The van der Waals surface area contributed by atoms with Gasteiger partial charge < -0.3 is 16.0 Å². The minimum atomic E-state index is -0.212. The van der Waals surface area contributed by atoms with Gasteiger partial charge in [-0.3, -0.25) is 9.79 Å². The predicted octanol–water partition coefficient (Wildman–Crippen LogP) is 2.67.